The van der Waals surface area contributed by atoms with Gasteiger partial charge >= 0.3 is 0 Å². The molecule has 0 saturated carbocycles. The molecule has 0 atom stereocenters. The second kappa shape index (κ2) is 4.94. The minimum Gasteiger partial charge on any atom is -0.290 e. The first-order chi connectivity index (χ1) is 9.44. The summed E-state index contributed by atoms with van der Waals surface area (Å²) in [6.07, 6.45) is 0. The number of thiophene rings is 1. The molecule has 0 aliphatic heterocycles. The molecule has 0 N–H and O–H groups in total. The average molecular weight is 306 g/mol. The summed E-state index contributed by atoms with van der Waals surface area (Å²) in [5, 5.41) is 2.89. The van der Waals surface area contributed by atoms with Gasteiger partial charge in [-0.2, -0.15) is 0 Å². The maximum atomic E-state index is 13.2. The molecule has 0 aliphatic rings. The molecule has 2 rings (SSSR count). The van der Waals surface area contributed by atoms with E-state index in [0.29, 0.717) is 0 Å². The van der Waals surface area contributed by atoms with E-state index in [0.717, 1.165) is 21.6 Å². The van der Waals surface area contributed by atoms with Gasteiger partial charge in [-0.15, -0.1) is 11.3 Å². The highest BCUT2D eigenvalue weighted by Gasteiger charge is 2.27. The Balaban J connectivity index is 2.97. The molecule has 0 radical (unpaired) electrons. The molecule has 0 amide bonds. The minimum atomic E-state index is -0.269. The Morgan fingerprint density at radius 2 is 1.71 bits per heavy atom. The van der Waals surface area contributed by atoms with Crippen LogP contribution >= 0.6 is 11.3 Å². The lowest BCUT2D eigenvalue weighted by atomic mass is 9.87. The summed E-state index contributed by atoms with van der Waals surface area (Å²) in [4.78, 5) is 18.8. The number of nitrogens with zero attached hydrogens (tertiary/aromatic N) is 2. The van der Waals surface area contributed by atoms with Crippen LogP contribution in [0.15, 0.2) is 10.2 Å². The van der Waals surface area contributed by atoms with Crippen molar-refractivity contribution in [3.63, 3.8) is 0 Å². The van der Waals surface area contributed by atoms with Gasteiger partial charge in [-0.3, -0.25) is 9.36 Å². The van der Waals surface area contributed by atoms with E-state index in [1.54, 1.807) is 11.3 Å². The molecule has 0 aliphatic carbocycles. The Morgan fingerprint density at radius 3 is 2.14 bits per heavy atom. The van der Waals surface area contributed by atoms with E-state index in [-0.39, 0.29) is 22.4 Å². The molecule has 0 aromatic carbocycles. The zero-order valence-electron chi connectivity index (χ0n) is 14.4. The van der Waals surface area contributed by atoms with Crippen LogP contribution in [-0.4, -0.2) is 9.55 Å². The van der Waals surface area contributed by atoms with Crippen molar-refractivity contribution in [3.8, 4) is 0 Å². The molecule has 0 fully saturated rings. The quantitative estimate of drug-likeness (QED) is 0.769. The SMILES string of the molecule is CC(C)c1nc2scc(C(C)(C)C)c2c(=O)n1C(C)(C)C. The predicted molar refractivity (Wildman–Crippen MR) is 91.7 cm³/mol. The maximum Gasteiger partial charge on any atom is 0.263 e. The highest BCUT2D eigenvalue weighted by atomic mass is 32.1. The first kappa shape index (κ1) is 16.2. The Hall–Kier alpha value is -1.16. The molecule has 116 valence electrons. The van der Waals surface area contributed by atoms with Crippen molar-refractivity contribution in [3.05, 3.63) is 27.1 Å². The fourth-order valence-corrected chi connectivity index (χ4v) is 3.76. The molecular formula is C17H26N2OS. The highest BCUT2D eigenvalue weighted by molar-refractivity contribution is 7.16. The summed E-state index contributed by atoms with van der Waals surface area (Å²) in [5.74, 6) is 1.10. The zero-order valence-corrected chi connectivity index (χ0v) is 15.2. The largest absolute Gasteiger partial charge is 0.290 e. The van der Waals surface area contributed by atoms with Gasteiger partial charge in [0.2, 0.25) is 0 Å². The number of hydrogen-bond donors (Lipinski definition) is 0. The lowest BCUT2D eigenvalue weighted by molar-refractivity contribution is 0.360. The van der Waals surface area contributed by atoms with Gasteiger partial charge in [0, 0.05) is 11.5 Å². The molecule has 2 aromatic rings. The average Bonchev–Trinajstić information content (AvgIpc) is 2.70. The third kappa shape index (κ3) is 2.78. The minimum absolute atomic E-state index is 0.0475. The monoisotopic (exact) mass is 306 g/mol. The highest BCUT2D eigenvalue weighted by Crippen LogP contribution is 2.33. The van der Waals surface area contributed by atoms with E-state index in [2.05, 4.69) is 60.8 Å². The van der Waals surface area contributed by atoms with Gasteiger partial charge in [0.1, 0.15) is 10.7 Å². The Bertz CT molecular complexity index is 724. The van der Waals surface area contributed by atoms with Crippen LogP contribution in [0.4, 0.5) is 0 Å². The summed E-state index contributed by atoms with van der Waals surface area (Å²) in [6.45, 7) is 16.8. The molecular weight excluding hydrogens is 280 g/mol. The summed E-state index contributed by atoms with van der Waals surface area (Å²) >= 11 is 1.58. The summed E-state index contributed by atoms with van der Waals surface area (Å²) in [7, 11) is 0. The Morgan fingerprint density at radius 1 is 1.14 bits per heavy atom. The van der Waals surface area contributed by atoms with Crippen molar-refractivity contribution in [2.45, 2.75) is 72.3 Å². The molecule has 21 heavy (non-hydrogen) atoms. The van der Waals surface area contributed by atoms with Gasteiger partial charge in [0.25, 0.3) is 5.56 Å². The molecule has 0 spiro atoms. The normalized spacial score (nSPS) is 13.4. The Kier molecular flexibility index (Phi) is 3.81. The fraction of sp³-hybridized carbons (Fsp3) is 0.647. The molecule has 0 saturated heterocycles. The van der Waals surface area contributed by atoms with Crippen LogP contribution in [0.25, 0.3) is 10.2 Å². The first-order valence-electron chi connectivity index (χ1n) is 7.49. The third-order valence-electron chi connectivity index (χ3n) is 3.63. The van der Waals surface area contributed by atoms with Gasteiger partial charge < -0.3 is 0 Å². The summed E-state index contributed by atoms with van der Waals surface area (Å²) in [5.41, 5.74) is 0.888. The lowest BCUT2D eigenvalue weighted by Gasteiger charge is -2.27. The summed E-state index contributed by atoms with van der Waals surface area (Å²) < 4.78 is 1.88. The third-order valence-corrected chi connectivity index (χ3v) is 4.50. The van der Waals surface area contributed by atoms with Crippen molar-refractivity contribution in [1.29, 1.82) is 0 Å². The summed E-state index contributed by atoms with van der Waals surface area (Å²) in [6, 6.07) is 0. The maximum absolute atomic E-state index is 13.2. The van der Waals surface area contributed by atoms with Gasteiger partial charge in [0.05, 0.1) is 5.39 Å². The van der Waals surface area contributed by atoms with Crippen molar-refractivity contribution in [2.24, 2.45) is 0 Å². The first-order valence-corrected chi connectivity index (χ1v) is 8.37. The molecule has 4 heteroatoms. The van der Waals surface area contributed by atoms with Gasteiger partial charge in [0.15, 0.2) is 0 Å². The van der Waals surface area contributed by atoms with Crippen molar-refractivity contribution < 1.29 is 0 Å². The van der Waals surface area contributed by atoms with Crippen LogP contribution in [0, 0.1) is 0 Å². The van der Waals surface area contributed by atoms with E-state index >= 15 is 0 Å². The van der Waals surface area contributed by atoms with Gasteiger partial charge in [-0.05, 0) is 37.1 Å². The molecule has 0 bridgehead atoms. The zero-order chi connectivity index (χ0) is 16.2. The molecule has 2 heterocycles. The number of fused-ring (bicyclic) bond motifs is 1. The van der Waals surface area contributed by atoms with Crippen molar-refractivity contribution >= 4 is 21.6 Å². The van der Waals surface area contributed by atoms with Crippen LogP contribution < -0.4 is 5.56 Å². The second-order valence-corrected chi connectivity index (χ2v) is 8.87. The molecule has 3 nitrogen and oxygen atoms in total. The number of rotatable bonds is 1. The topological polar surface area (TPSA) is 34.9 Å². The van der Waals surface area contributed by atoms with Crippen LogP contribution in [0.5, 0.6) is 0 Å². The standard InChI is InChI=1S/C17H26N2OS/c1-10(2)13-18-14-12(11(9-21-14)16(3,4)5)15(20)19(13)17(6,7)8/h9-10H,1-8H3. The molecule has 0 unspecified atom stereocenters. The van der Waals surface area contributed by atoms with Crippen LogP contribution in [0.2, 0.25) is 0 Å². The van der Waals surface area contributed by atoms with E-state index in [9.17, 15) is 4.79 Å². The van der Waals surface area contributed by atoms with E-state index in [1.165, 1.54) is 0 Å². The van der Waals surface area contributed by atoms with Crippen LogP contribution in [0.3, 0.4) is 0 Å². The number of hydrogen-bond acceptors (Lipinski definition) is 3. The predicted octanol–water partition coefficient (Wildman–Crippen LogP) is 4.63. The van der Waals surface area contributed by atoms with Crippen LogP contribution in [-0.2, 0) is 11.0 Å². The Labute approximate surface area is 131 Å². The van der Waals surface area contributed by atoms with E-state index in [4.69, 9.17) is 4.98 Å². The molecule has 2 aromatic heterocycles. The van der Waals surface area contributed by atoms with Crippen molar-refractivity contribution in [2.75, 3.05) is 0 Å². The van der Waals surface area contributed by atoms with Gasteiger partial charge in [-0.1, -0.05) is 34.6 Å². The second-order valence-electron chi connectivity index (χ2n) is 8.02. The van der Waals surface area contributed by atoms with Crippen LogP contribution in [0.1, 0.15) is 72.7 Å². The van der Waals surface area contributed by atoms with E-state index in [1.807, 2.05) is 4.57 Å². The number of aromatic nitrogens is 2. The van der Waals surface area contributed by atoms with E-state index < -0.39 is 0 Å². The lowest BCUT2D eigenvalue weighted by Crippen LogP contribution is -2.38. The van der Waals surface area contributed by atoms with Crippen molar-refractivity contribution in [1.82, 2.24) is 9.55 Å². The van der Waals surface area contributed by atoms with Gasteiger partial charge in [-0.25, -0.2) is 4.98 Å². The fourth-order valence-electron chi connectivity index (χ4n) is 2.59. The smallest absolute Gasteiger partial charge is 0.263 e.